The van der Waals surface area contributed by atoms with Gasteiger partial charge in [0.1, 0.15) is 0 Å². The SMILES string of the molecule is CC(C)CSCC(C)NCC(=O)NC(C)C. The number of rotatable bonds is 8. The van der Waals surface area contributed by atoms with Crippen LogP contribution in [-0.4, -0.2) is 36.0 Å². The van der Waals surface area contributed by atoms with E-state index in [1.165, 1.54) is 5.75 Å². The summed E-state index contributed by atoms with van der Waals surface area (Å²) in [7, 11) is 0. The molecule has 0 aromatic rings. The van der Waals surface area contributed by atoms with Crippen LogP contribution in [-0.2, 0) is 4.79 Å². The molecule has 0 heterocycles. The Kier molecular flexibility index (Phi) is 8.76. The average Bonchev–Trinajstić information content (AvgIpc) is 2.13. The van der Waals surface area contributed by atoms with Gasteiger partial charge in [0, 0.05) is 17.8 Å². The molecule has 0 aliphatic heterocycles. The summed E-state index contributed by atoms with van der Waals surface area (Å²) in [4.78, 5) is 11.4. The maximum absolute atomic E-state index is 11.4. The third-order valence-electron chi connectivity index (χ3n) is 1.88. The lowest BCUT2D eigenvalue weighted by Crippen LogP contribution is -2.41. The molecule has 0 aromatic carbocycles. The van der Waals surface area contributed by atoms with Crippen molar-refractivity contribution in [1.29, 1.82) is 0 Å². The highest BCUT2D eigenvalue weighted by atomic mass is 32.2. The van der Waals surface area contributed by atoms with E-state index in [9.17, 15) is 4.79 Å². The smallest absolute Gasteiger partial charge is 0.234 e. The second-order valence-corrected chi connectivity index (χ2v) is 6.01. The molecule has 0 aliphatic rings. The third-order valence-corrected chi connectivity index (χ3v) is 3.52. The van der Waals surface area contributed by atoms with Crippen LogP contribution >= 0.6 is 11.8 Å². The van der Waals surface area contributed by atoms with E-state index < -0.39 is 0 Å². The van der Waals surface area contributed by atoms with Gasteiger partial charge in [0.25, 0.3) is 0 Å². The largest absolute Gasteiger partial charge is 0.353 e. The summed E-state index contributed by atoms with van der Waals surface area (Å²) in [5, 5.41) is 6.09. The molecule has 0 fully saturated rings. The Morgan fingerprint density at radius 3 is 2.25 bits per heavy atom. The molecule has 16 heavy (non-hydrogen) atoms. The Labute approximate surface area is 104 Å². The van der Waals surface area contributed by atoms with Crippen molar-refractivity contribution < 1.29 is 4.79 Å². The third kappa shape index (κ3) is 10.3. The number of carbonyl (C=O) groups is 1. The fraction of sp³-hybridized carbons (Fsp3) is 0.917. The molecule has 0 aromatic heterocycles. The fourth-order valence-electron chi connectivity index (χ4n) is 1.18. The Hall–Kier alpha value is -0.220. The minimum absolute atomic E-state index is 0.0794. The zero-order valence-corrected chi connectivity index (χ0v) is 12.0. The van der Waals surface area contributed by atoms with Gasteiger partial charge in [0.2, 0.25) is 5.91 Å². The first kappa shape index (κ1) is 15.8. The van der Waals surface area contributed by atoms with Crippen molar-refractivity contribution >= 4 is 17.7 Å². The molecule has 2 N–H and O–H groups in total. The van der Waals surface area contributed by atoms with Crippen LogP contribution in [0.25, 0.3) is 0 Å². The van der Waals surface area contributed by atoms with Crippen molar-refractivity contribution in [2.75, 3.05) is 18.1 Å². The van der Waals surface area contributed by atoms with Crippen molar-refractivity contribution in [3.8, 4) is 0 Å². The molecule has 1 atom stereocenters. The van der Waals surface area contributed by atoms with E-state index in [4.69, 9.17) is 0 Å². The number of hydrogen-bond donors (Lipinski definition) is 2. The zero-order valence-electron chi connectivity index (χ0n) is 11.2. The van der Waals surface area contributed by atoms with Gasteiger partial charge in [-0.05, 0) is 32.4 Å². The first-order valence-electron chi connectivity index (χ1n) is 6.02. The molecular formula is C12H26N2OS. The average molecular weight is 246 g/mol. The van der Waals surface area contributed by atoms with Gasteiger partial charge < -0.3 is 10.6 Å². The van der Waals surface area contributed by atoms with Crippen LogP contribution in [0, 0.1) is 5.92 Å². The summed E-state index contributed by atoms with van der Waals surface area (Å²) in [6.07, 6.45) is 0. The number of hydrogen-bond acceptors (Lipinski definition) is 3. The van der Waals surface area contributed by atoms with Crippen LogP contribution in [0.2, 0.25) is 0 Å². The minimum atomic E-state index is 0.0794. The zero-order chi connectivity index (χ0) is 12.6. The highest BCUT2D eigenvalue weighted by molar-refractivity contribution is 7.99. The highest BCUT2D eigenvalue weighted by Crippen LogP contribution is 2.08. The van der Waals surface area contributed by atoms with Crippen LogP contribution < -0.4 is 10.6 Å². The lowest BCUT2D eigenvalue weighted by Gasteiger charge is -2.15. The predicted molar refractivity (Wildman–Crippen MR) is 72.9 cm³/mol. The van der Waals surface area contributed by atoms with Gasteiger partial charge in [-0.1, -0.05) is 13.8 Å². The van der Waals surface area contributed by atoms with Crippen LogP contribution in [0.15, 0.2) is 0 Å². The highest BCUT2D eigenvalue weighted by Gasteiger charge is 2.06. The Morgan fingerprint density at radius 1 is 1.12 bits per heavy atom. The van der Waals surface area contributed by atoms with Crippen molar-refractivity contribution in [1.82, 2.24) is 10.6 Å². The van der Waals surface area contributed by atoms with Gasteiger partial charge in [0.05, 0.1) is 6.54 Å². The quantitative estimate of drug-likeness (QED) is 0.687. The number of amides is 1. The summed E-state index contributed by atoms with van der Waals surface area (Å²) in [6.45, 7) is 10.9. The number of nitrogens with one attached hydrogen (secondary N) is 2. The van der Waals surface area contributed by atoms with Gasteiger partial charge in [0.15, 0.2) is 0 Å². The van der Waals surface area contributed by atoms with Gasteiger partial charge in [-0.2, -0.15) is 11.8 Å². The standard InChI is InChI=1S/C12H26N2OS/c1-9(2)7-16-8-11(5)13-6-12(15)14-10(3)4/h9-11,13H,6-8H2,1-5H3,(H,14,15). The number of carbonyl (C=O) groups excluding carboxylic acids is 1. The molecule has 3 nitrogen and oxygen atoms in total. The topological polar surface area (TPSA) is 41.1 Å². The predicted octanol–water partition coefficient (Wildman–Crippen LogP) is 1.88. The summed E-state index contributed by atoms with van der Waals surface area (Å²) in [5.41, 5.74) is 0. The van der Waals surface area contributed by atoms with E-state index >= 15 is 0 Å². The van der Waals surface area contributed by atoms with Crippen LogP contribution in [0.1, 0.15) is 34.6 Å². The molecule has 1 unspecified atom stereocenters. The van der Waals surface area contributed by atoms with Crippen molar-refractivity contribution in [3.05, 3.63) is 0 Å². The Balaban J connectivity index is 3.49. The minimum Gasteiger partial charge on any atom is -0.353 e. The van der Waals surface area contributed by atoms with Gasteiger partial charge in [-0.25, -0.2) is 0 Å². The van der Waals surface area contributed by atoms with Crippen molar-refractivity contribution in [2.24, 2.45) is 5.92 Å². The first-order chi connectivity index (χ1) is 7.41. The van der Waals surface area contributed by atoms with Gasteiger partial charge in [-0.15, -0.1) is 0 Å². The monoisotopic (exact) mass is 246 g/mol. The summed E-state index contributed by atoms with van der Waals surface area (Å²) >= 11 is 1.94. The molecule has 0 saturated carbocycles. The normalized spacial score (nSPS) is 13.2. The van der Waals surface area contributed by atoms with Crippen LogP contribution in [0.5, 0.6) is 0 Å². The molecule has 1 amide bonds. The van der Waals surface area contributed by atoms with E-state index in [1.54, 1.807) is 0 Å². The molecule has 0 radical (unpaired) electrons. The molecule has 0 aliphatic carbocycles. The Morgan fingerprint density at radius 2 is 1.75 bits per heavy atom. The molecule has 0 saturated heterocycles. The summed E-state index contributed by atoms with van der Waals surface area (Å²) in [5.74, 6) is 3.06. The Bertz CT molecular complexity index is 195. The second-order valence-electron chi connectivity index (χ2n) is 4.94. The van der Waals surface area contributed by atoms with E-state index in [-0.39, 0.29) is 11.9 Å². The second kappa shape index (κ2) is 8.88. The lowest BCUT2D eigenvalue weighted by atomic mass is 10.3. The summed E-state index contributed by atoms with van der Waals surface area (Å²) < 4.78 is 0. The van der Waals surface area contributed by atoms with Crippen LogP contribution in [0.4, 0.5) is 0 Å². The van der Waals surface area contributed by atoms with Crippen molar-refractivity contribution in [3.63, 3.8) is 0 Å². The molecule has 0 bridgehead atoms. The fourth-order valence-corrected chi connectivity index (χ4v) is 2.26. The maximum Gasteiger partial charge on any atom is 0.234 e. The molecule has 4 heteroatoms. The van der Waals surface area contributed by atoms with E-state index in [0.717, 1.165) is 11.7 Å². The van der Waals surface area contributed by atoms with E-state index in [2.05, 4.69) is 31.4 Å². The van der Waals surface area contributed by atoms with Gasteiger partial charge >= 0.3 is 0 Å². The van der Waals surface area contributed by atoms with Crippen molar-refractivity contribution in [2.45, 2.75) is 46.7 Å². The van der Waals surface area contributed by atoms with Gasteiger partial charge in [-0.3, -0.25) is 4.79 Å². The van der Waals surface area contributed by atoms with E-state index in [1.807, 2.05) is 25.6 Å². The lowest BCUT2D eigenvalue weighted by molar-refractivity contribution is -0.120. The maximum atomic E-state index is 11.4. The molecule has 96 valence electrons. The number of thioether (sulfide) groups is 1. The summed E-state index contributed by atoms with van der Waals surface area (Å²) in [6, 6.07) is 0.613. The first-order valence-corrected chi connectivity index (χ1v) is 7.17. The molecule has 0 rings (SSSR count). The molecule has 0 spiro atoms. The molecular weight excluding hydrogens is 220 g/mol. The van der Waals surface area contributed by atoms with E-state index in [0.29, 0.717) is 12.6 Å². The van der Waals surface area contributed by atoms with Crippen LogP contribution in [0.3, 0.4) is 0 Å².